The minimum atomic E-state index is -0.435. The third-order valence-corrected chi connectivity index (χ3v) is 4.90. The van der Waals surface area contributed by atoms with Crippen molar-refractivity contribution in [3.8, 4) is 5.75 Å². The molecule has 2 aromatic carbocycles. The number of hydrogen-bond donors (Lipinski definition) is 0. The molecule has 1 atom stereocenters. The Hall–Kier alpha value is -3.22. The number of nitro groups is 1. The summed E-state index contributed by atoms with van der Waals surface area (Å²) in [5.41, 5.74) is 3.60. The van der Waals surface area contributed by atoms with Crippen molar-refractivity contribution in [2.75, 3.05) is 7.11 Å². The maximum absolute atomic E-state index is 12.2. The molecule has 1 aliphatic heterocycles. The highest BCUT2D eigenvalue weighted by Crippen LogP contribution is 2.36. The molecule has 146 valence electrons. The zero-order valence-electron chi connectivity index (χ0n) is 16.4. The average Bonchev–Trinajstić information content (AvgIpc) is 3.13. The van der Waals surface area contributed by atoms with Gasteiger partial charge >= 0.3 is 0 Å². The fourth-order valence-corrected chi connectivity index (χ4v) is 3.42. The highest BCUT2D eigenvalue weighted by atomic mass is 16.6. The number of carbonyl (C=O) groups is 1. The van der Waals surface area contributed by atoms with Gasteiger partial charge in [-0.15, -0.1) is 0 Å². The number of hydrazone groups is 1. The van der Waals surface area contributed by atoms with Crippen LogP contribution in [-0.2, 0) is 4.79 Å². The first-order valence-electron chi connectivity index (χ1n) is 9.11. The van der Waals surface area contributed by atoms with Crippen molar-refractivity contribution >= 4 is 17.3 Å². The Kier molecular flexibility index (Phi) is 5.44. The Morgan fingerprint density at radius 3 is 2.46 bits per heavy atom. The van der Waals surface area contributed by atoms with Crippen LogP contribution in [0.2, 0.25) is 0 Å². The van der Waals surface area contributed by atoms with Crippen molar-refractivity contribution in [2.24, 2.45) is 5.10 Å². The molecule has 1 amide bonds. The minimum absolute atomic E-state index is 0.0269. The number of benzene rings is 2. The number of carbonyl (C=O) groups excluding carboxylic acids is 1. The minimum Gasteiger partial charge on any atom is -0.496 e. The molecular formula is C21H23N3O4. The quantitative estimate of drug-likeness (QED) is 0.567. The summed E-state index contributed by atoms with van der Waals surface area (Å²) < 4.78 is 5.46. The fraction of sp³-hybridized carbons (Fsp3) is 0.333. The Morgan fingerprint density at radius 2 is 1.93 bits per heavy atom. The first kappa shape index (κ1) is 19.5. The number of nitrogens with zero attached hydrogens (tertiary/aromatic N) is 3. The lowest BCUT2D eigenvalue weighted by molar-refractivity contribution is -0.384. The topological polar surface area (TPSA) is 85.0 Å². The molecule has 0 aromatic heterocycles. The number of ether oxygens (including phenoxy) is 1. The molecule has 0 saturated carbocycles. The van der Waals surface area contributed by atoms with Gasteiger partial charge in [0.25, 0.3) is 5.69 Å². The van der Waals surface area contributed by atoms with Crippen LogP contribution in [0.3, 0.4) is 0 Å². The van der Waals surface area contributed by atoms with Gasteiger partial charge in [0.1, 0.15) is 5.75 Å². The summed E-state index contributed by atoms with van der Waals surface area (Å²) in [4.78, 5) is 22.6. The van der Waals surface area contributed by atoms with Crippen molar-refractivity contribution in [1.29, 1.82) is 0 Å². The summed E-state index contributed by atoms with van der Waals surface area (Å²) >= 11 is 0. The molecule has 2 aromatic rings. The zero-order valence-corrected chi connectivity index (χ0v) is 16.4. The van der Waals surface area contributed by atoms with Gasteiger partial charge in [-0.25, -0.2) is 5.01 Å². The summed E-state index contributed by atoms with van der Waals surface area (Å²) in [6.07, 6.45) is 0.543. The normalized spacial score (nSPS) is 16.2. The largest absolute Gasteiger partial charge is 0.496 e. The smallest absolute Gasteiger partial charge is 0.269 e. The van der Waals surface area contributed by atoms with Gasteiger partial charge in [-0.1, -0.05) is 19.9 Å². The van der Waals surface area contributed by atoms with Gasteiger partial charge in [0.2, 0.25) is 5.91 Å². The number of methoxy groups -OCH3 is 1. The Balaban J connectivity index is 1.94. The second-order valence-corrected chi connectivity index (χ2v) is 7.09. The molecule has 3 rings (SSSR count). The van der Waals surface area contributed by atoms with E-state index in [2.05, 4.69) is 25.0 Å². The van der Waals surface area contributed by atoms with Crippen LogP contribution in [0.4, 0.5) is 5.69 Å². The predicted molar refractivity (Wildman–Crippen MR) is 107 cm³/mol. The standard InChI is InChI=1S/C21H23N3O4/c1-13(2)18-11-16(7-10-21(18)28-4)20-12-19(22-23(20)14(3)25)15-5-8-17(9-6-15)24(26)27/h5-11,13,20H,12H2,1-4H3. The van der Waals surface area contributed by atoms with Crippen LogP contribution in [0.5, 0.6) is 5.75 Å². The fourth-order valence-electron chi connectivity index (χ4n) is 3.42. The number of hydrogen-bond acceptors (Lipinski definition) is 5. The van der Waals surface area contributed by atoms with Crippen LogP contribution in [0, 0.1) is 10.1 Å². The van der Waals surface area contributed by atoms with Crippen LogP contribution in [0.15, 0.2) is 47.6 Å². The molecule has 1 unspecified atom stereocenters. The van der Waals surface area contributed by atoms with E-state index in [4.69, 9.17) is 4.74 Å². The Bertz CT molecular complexity index is 935. The maximum Gasteiger partial charge on any atom is 0.269 e. The third-order valence-electron chi connectivity index (χ3n) is 4.90. The highest BCUT2D eigenvalue weighted by Gasteiger charge is 2.32. The van der Waals surface area contributed by atoms with Crippen molar-refractivity contribution < 1.29 is 14.5 Å². The first-order valence-corrected chi connectivity index (χ1v) is 9.11. The van der Waals surface area contributed by atoms with Crippen LogP contribution in [0.1, 0.15) is 55.8 Å². The Labute approximate surface area is 163 Å². The van der Waals surface area contributed by atoms with Crippen LogP contribution >= 0.6 is 0 Å². The third kappa shape index (κ3) is 3.74. The van der Waals surface area contributed by atoms with Gasteiger partial charge in [0.15, 0.2) is 0 Å². The summed E-state index contributed by atoms with van der Waals surface area (Å²) in [6, 6.07) is 12.0. The number of non-ortho nitro benzene ring substituents is 1. The molecule has 28 heavy (non-hydrogen) atoms. The monoisotopic (exact) mass is 381 g/mol. The molecule has 0 saturated heterocycles. The lowest BCUT2D eigenvalue weighted by Gasteiger charge is -2.22. The summed E-state index contributed by atoms with van der Waals surface area (Å²) in [7, 11) is 1.65. The number of rotatable bonds is 5. The van der Waals surface area contributed by atoms with Crippen LogP contribution in [0.25, 0.3) is 0 Å². The molecule has 0 bridgehead atoms. The number of amides is 1. The maximum atomic E-state index is 12.2. The molecule has 1 heterocycles. The van der Waals surface area contributed by atoms with E-state index >= 15 is 0 Å². The molecule has 0 spiro atoms. The van der Waals surface area contributed by atoms with E-state index in [0.717, 1.165) is 28.2 Å². The van der Waals surface area contributed by atoms with Crippen molar-refractivity contribution in [3.05, 3.63) is 69.3 Å². The van der Waals surface area contributed by atoms with Gasteiger partial charge < -0.3 is 4.74 Å². The highest BCUT2D eigenvalue weighted by molar-refractivity contribution is 6.03. The predicted octanol–water partition coefficient (Wildman–Crippen LogP) is 4.42. The van der Waals surface area contributed by atoms with E-state index < -0.39 is 4.92 Å². The molecular weight excluding hydrogens is 358 g/mol. The van der Waals surface area contributed by atoms with Gasteiger partial charge in [-0.2, -0.15) is 5.10 Å². The van der Waals surface area contributed by atoms with Crippen molar-refractivity contribution in [2.45, 2.75) is 39.2 Å². The van der Waals surface area contributed by atoms with Crippen molar-refractivity contribution in [1.82, 2.24) is 5.01 Å². The van der Waals surface area contributed by atoms with E-state index in [1.165, 1.54) is 24.1 Å². The van der Waals surface area contributed by atoms with E-state index in [-0.39, 0.29) is 23.6 Å². The lowest BCUT2D eigenvalue weighted by Crippen LogP contribution is -2.24. The second-order valence-electron chi connectivity index (χ2n) is 7.09. The molecule has 0 N–H and O–H groups in total. The van der Waals surface area contributed by atoms with Crippen LogP contribution < -0.4 is 4.74 Å². The van der Waals surface area contributed by atoms with E-state index in [1.54, 1.807) is 19.2 Å². The molecule has 0 aliphatic carbocycles. The van der Waals surface area contributed by atoms with E-state index in [0.29, 0.717) is 6.42 Å². The summed E-state index contributed by atoms with van der Waals surface area (Å²) in [5, 5.41) is 16.9. The SMILES string of the molecule is COc1ccc(C2CC(c3ccc([N+](=O)[O-])cc3)=NN2C(C)=O)cc1C(C)C. The molecule has 7 nitrogen and oxygen atoms in total. The average molecular weight is 381 g/mol. The molecule has 1 aliphatic rings. The van der Waals surface area contributed by atoms with Gasteiger partial charge in [-0.3, -0.25) is 14.9 Å². The van der Waals surface area contributed by atoms with E-state index in [1.807, 2.05) is 12.1 Å². The molecule has 7 heteroatoms. The van der Waals surface area contributed by atoms with Crippen LogP contribution in [-0.4, -0.2) is 28.7 Å². The molecule has 0 fully saturated rings. The van der Waals surface area contributed by atoms with Gasteiger partial charge in [0, 0.05) is 25.5 Å². The number of nitro benzene ring substituents is 1. The Morgan fingerprint density at radius 1 is 1.25 bits per heavy atom. The van der Waals surface area contributed by atoms with Gasteiger partial charge in [-0.05, 0) is 46.9 Å². The summed E-state index contributed by atoms with van der Waals surface area (Å²) in [6.45, 7) is 5.68. The first-order chi connectivity index (χ1) is 13.3. The zero-order chi connectivity index (χ0) is 20.4. The lowest BCUT2D eigenvalue weighted by atomic mass is 9.93. The van der Waals surface area contributed by atoms with E-state index in [9.17, 15) is 14.9 Å². The van der Waals surface area contributed by atoms with Gasteiger partial charge in [0.05, 0.1) is 23.8 Å². The molecule has 0 radical (unpaired) electrons. The second kappa shape index (κ2) is 7.80. The summed E-state index contributed by atoms with van der Waals surface area (Å²) in [5.74, 6) is 0.948. The van der Waals surface area contributed by atoms with Crippen molar-refractivity contribution in [3.63, 3.8) is 0 Å².